The minimum atomic E-state index is 0.458. The van der Waals surface area contributed by atoms with Gasteiger partial charge in [0.05, 0.1) is 6.61 Å². The van der Waals surface area contributed by atoms with Crippen molar-refractivity contribution in [2.45, 2.75) is 46.6 Å². The molecular formula is C14H32N2O. The molecule has 0 fully saturated rings. The number of likely N-dealkylation sites (N-methyl/N-ethyl adjacent to an activating group) is 2. The first kappa shape index (κ1) is 16.9. The number of ether oxygens (including phenoxy) is 1. The molecule has 0 saturated carbocycles. The summed E-state index contributed by atoms with van der Waals surface area (Å²) in [5.41, 5.74) is 0. The van der Waals surface area contributed by atoms with Crippen LogP contribution in [0, 0.1) is 5.92 Å². The second kappa shape index (κ2) is 11.0. The monoisotopic (exact) mass is 244 g/mol. The Morgan fingerprint density at radius 3 is 2.12 bits per heavy atom. The lowest BCUT2D eigenvalue weighted by atomic mass is 10.0. The molecule has 0 bridgehead atoms. The highest BCUT2D eigenvalue weighted by Gasteiger charge is 2.14. The van der Waals surface area contributed by atoms with Crippen molar-refractivity contribution in [3.05, 3.63) is 0 Å². The second-order valence-corrected chi connectivity index (χ2v) is 4.74. The van der Waals surface area contributed by atoms with E-state index < -0.39 is 0 Å². The summed E-state index contributed by atoms with van der Waals surface area (Å²) < 4.78 is 5.27. The van der Waals surface area contributed by atoms with Crippen LogP contribution in [0.3, 0.4) is 0 Å². The average Bonchev–Trinajstić information content (AvgIpc) is 2.34. The summed E-state index contributed by atoms with van der Waals surface area (Å²) in [6, 6.07) is 0.458. The van der Waals surface area contributed by atoms with Crippen molar-refractivity contribution in [1.82, 2.24) is 10.2 Å². The van der Waals surface area contributed by atoms with Crippen LogP contribution in [0.25, 0.3) is 0 Å². The van der Waals surface area contributed by atoms with Crippen LogP contribution < -0.4 is 5.32 Å². The average molecular weight is 244 g/mol. The van der Waals surface area contributed by atoms with Crippen molar-refractivity contribution in [1.29, 1.82) is 0 Å². The van der Waals surface area contributed by atoms with Gasteiger partial charge in [-0.15, -0.1) is 0 Å². The van der Waals surface area contributed by atoms with E-state index in [-0.39, 0.29) is 0 Å². The smallest absolute Gasteiger partial charge is 0.0628 e. The lowest BCUT2D eigenvalue weighted by molar-refractivity contribution is 0.132. The summed E-state index contributed by atoms with van der Waals surface area (Å²) in [6.07, 6.45) is 2.56. The molecule has 0 spiro atoms. The number of nitrogens with one attached hydrogen (secondary N) is 1. The minimum absolute atomic E-state index is 0.458. The Labute approximate surface area is 108 Å². The van der Waals surface area contributed by atoms with Gasteiger partial charge in [0, 0.05) is 26.2 Å². The Kier molecular flexibility index (Phi) is 10.9. The van der Waals surface area contributed by atoms with E-state index in [0.29, 0.717) is 6.04 Å². The number of hydrogen-bond acceptors (Lipinski definition) is 3. The zero-order valence-corrected chi connectivity index (χ0v) is 12.5. The van der Waals surface area contributed by atoms with E-state index in [0.717, 1.165) is 32.2 Å². The summed E-state index contributed by atoms with van der Waals surface area (Å²) in [5.74, 6) is 0.833. The standard InChI is InChI=1S/C14H32N2O/c1-6-13(7-2)10-16(9-4)11-14(12-17-5)15-8-3/h13-15H,6-12H2,1-5H3. The molecule has 0 aliphatic carbocycles. The van der Waals surface area contributed by atoms with E-state index in [1.165, 1.54) is 19.4 Å². The fourth-order valence-corrected chi connectivity index (χ4v) is 2.22. The molecule has 1 atom stereocenters. The highest BCUT2D eigenvalue weighted by Crippen LogP contribution is 2.10. The van der Waals surface area contributed by atoms with Crippen LogP contribution in [0.4, 0.5) is 0 Å². The van der Waals surface area contributed by atoms with E-state index in [1.807, 2.05) is 0 Å². The summed E-state index contributed by atoms with van der Waals surface area (Å²) in [4.78, 5) is 2.55. The maximum atomic E-state index is 5.27. The molecular weight excluding hydrogens is 212 g/mol. The Hall–Kier alpha value is -0.120. The van der Waals surface area contributed by atoms with Crippen molar-refractivity contribution in [2.75, 3.05) is 39.9 Å². The zero-order valence-electron chi connectivity index (χ0n) is 12.5. The fourth-order valence-electron chi connectivity index (χ4n) is 2.22. The minimum Gasteiger partial charge on any atom is -0.383 e. The Morgan fingerprint density at radius 2 is 1.71 bits per heavy atom. The lowest BCUT2D eigenvalue weighted by Gasteiger charge is -2.29. The van der Waals surface area contributed by atoms with Crippen molar-refractivity contribution >= 4 is 0 Å². The van der Waals surface area contributed by atoms with Crippen LogP contribution in [0.15, 0.2) is 0 Å². The molecule has 0 radical (unpaired) electrons. The largest absolute Gasteiger partial charge is 0.383 e. The quantitative estimate of drug-likeness (QED) is 0.604. The van der Waals surface area contributed by atoms with Gasteiger partial charge in [0.2, 0.25) is 0 Å². The van der Waals surface area contributed by atoms with E-state index >= 15 is 0 Å². The number of methoxy groups -OCH3 is 1. The maximum Gasteiger partial charge on any atom is 0.0628 e. The summed E-state index contributed by atoms with van der Waals surface area (Å²) in [6.45, 7) is 14.2. The molecule has 3 heteroatoms. The molecule has 0 aromatic carbocycles. The predicted molar refractivity (Wildman–Crippen MR) is 75.5 cm³/mol. The van der Waals surface area contributed by atoms with Gasteiger partial charge in [0.25, 0.3) is 0 Å². The van der Waals surface area contributed by atoms with Crippen molar-refractivity contribution in [3.63, 3.8) is 0 Å². The Balaban J connectivity index is 4.14. The van der Waals surface area contributed by atoms with E-state index in [1.54, 1.807) is 7.11 Å². The predicted octanol–water partition coefficient (Wildman–Crippen LogP) is 2.37. The zero-order chi connectivity index (χ0) is 13.1. The number of hydrogen-bond donors (Lipinski definition) is 1. The van der Waals surface area contributed by atoms with Crippen molar-refractivity contribution in [3.8, 4) is 0 Å². The van der Waals surface area contributed by atoms with Gasteiger partial charge >= 0.3 is 0 Å². The van der Waals surface area contributed by atoms with Gasteiger partial charge in [0.1, 0.15) is 0 Å². The molecule has 0 amide bonds. The topological polar surface area (TPSA) is 24.5 Å². The molecule has 0 aliphatic rings. The normalized spacial score (nSPS) is 13.6. The molecule has 0 saturated heterocycles. The molecule has 0 rings (SSSR count). The highest BCUT2D eigenvalue weighted by atomic mass is 16.5. The van der Waals surface area contributed by atoms with Gasteiger partial charge in [-0.05, 0) is 19.0 Å². The van der Waals surface area contributed by atoms with Gasteiger partial charge in [-0.3, -0.25) is 0 Å². The Bertz CT molecular complexity index is 154. The molecule has 0 heterocycles. The maximum absolute atomic E-state index is 5.27. The third kappa shape index (κ3) is 7.74. The highest BCUT2D eigenvalue weighted by molar-refractivity contribution is 4.72. The molecule has 104 valence electrons. The van der Waals surface area contributed by atoms with Gasteiger partial charge in [-0.1, -0.05) is 40.5 Å². The molecule has 0 aliphatic heterocycles. The summed E-state index contributed by atoms with van der Waals surface area (Å²) >= 11 is 0. The van der Waals surface area contributed by atoms with Gasteiger partial charge in [-0.2, -0.15) is 0 Å². The van der Waals surface area contributed by atoms with Crippen LogP contribution >= 0.6 is 0 Å². The van der Waals surface area contributed by atoms with E-state index in [2.05, 4.69) is 37.9 Å². The van der Waals surface area contributed by atoms with Crippen LogP contribution in [0.1, 0.15) is 40.5 Å². The molecule has 0 aromatic rings. The third-order valence-corrected chi connectivity index (χ3v) is 3.46. The van der Waals surface area contributed by atoms with Gasteiger partial charge in [-0.25, -0.2) is 0 Å². The molecule has 17 heavy (non-hydrogen) atoms. The van der Waals surface area contributed by atoms with E-state index in [9.17, 15) is 0 Å². The molecule has 0 aromatic heterocycles. The fraction of sp³-hybridized carbons (Fsp3) is 1.00. The SMILES string of the molecule is CCNC(COC)CN(CC)CC(CC)CC. The summed E-state index contributed by atoms with van der Waals surface area (Å²) in [7, 11) is 1.78. The molecule has 3 nitrogen and oxygen atoms in total. The first-order valence-electron chi connectivity index (χ1n) is 7.16. The second-order valence-electron chi connectivity index (χ2n) is 4.74. The van der Waals surface area contributed by atoms with Crippen molar-refractivity contribution < 1.29 is 4.74 Å². The number of rotatable bonds is 11. The first-order chi connectivity index (χ1) is 8.21. The van der Waals surface area contributed by atoms with Crippen LogP contribution in [0.5, 0.6) is 0 Å². The van der Waals surface area contributed by atoms with Crippen molar-refractivity contribution in [2.24, 2.45) is 5.92 Å². The van der Waals surface area contributed by atoms with Gasteiger partial charge < -0.3 is 15.0 Å². The summed E-state index contributed by atoms with van der Waals surface area (Å²) in [5, 5.41) is 3.49. The van der Waals surface area contributed by atoms with Crippen LogP contribution in [-0.2, 0) is 4.74 Å². The van der Waals surface area contributed by atoms with Gasteiger partial charge in [0.15, 0.2) is 0 Å². The first-order valence-corrected chi connectivity index (χ1v) is 7.16. The number of nitrogens with zero attached hydrogens (tertiary/aromatic N) is 1. The van der Waals surface area contributed by atoms with E-state index in [4.69, 9.17) is 4.74 Å². The molecule has 1 N–H and O–H groups in total. The van der Waals surface area contributed by atoms with Crippen LogP contribution in [-0.4, -0.2) is 50.8 Å². The molecule has 1 unspecified atom stereocenters. The lowest BCUT2D eigenvalue weighted by Crippen LogP contribution is -2.45. The van der Waals surface area contributed by atoms with Crippen LogP contribution in [0.2, 0.25) is 0 Å². The Morgan fingerprint density at radius 1 is 1.06 bits per heavy atom. The third-order valence-electron chi connectivity index (χ3n) is 3.46.